The molecule has 5 fully saturated rings. The Bertz CT molecular complexity index is 832. The van der Waals surface area contributed by atoms with Gasteiger partial charge in [0.2, 0.25) is 11.8 Å². The number of piperidine rings is 2. The van der Waals surface area contributed by atoms with Crippen LogP contribution < -0.4 is 31.9 Å². The summed E-state index contributed by atoms with van der Waals surface area (Å²) in [5.41, 5.74) is -0.411. The number of hydrogen-bond donors (Lipinski definition) is 6. The zero-order chi connectivity index (χ0) is 26.3. The standard InChI is InChI=1S/C24H41Cl2N7O3S/c1-11-4-13(14-5-19(25)28-7-17(14)36-3)15(6-27-11)22(34)32-24-31-16-9-33(10-18(16)37-24)23(35)21-12(2)30-20(26)8-29-21/h11-21,24,27-31H,4-10H2,1-3H3,(H,32,34). The summed E-state index contributed by atoms with van der Waals surface area (Å²) in [5.74, 6) is 0.479. The highest BCUT2D eigenvalue weighted by Gasteiger charge is 2.47. The fourth-order valence-corrected chi connectivity index (χ4v) is 8.78. The van der Waals surface area contributed by atoms with Crippen molar-refractivity contribution in [2.75, 3.05) is 39.8 Å². The first-order valence-electron chi connectivity index (χ1n) is 13.5. The maximum Gasteiger partial charge on any atom is 0.241 e. The van der Waals surface area contributed by atoms with Crippen LogP contribution in [0.15, 0.2) is 0 Å². The van der Waals surface area contributed by atoms with Gasteiger partial charge in [-0.15, -0.1) is 35.0 Å². The van der Waals surface area contributed by atoms with Gasteiger partial charge in [-0.3, -0.25) is 25.5 Å². The molecule has 0 aromatic heterocycles. The molecule has 5 aliphatic rings. The number of hydrogen-bond acceptors (Lipinski definition) is 9. The van der Waals surface area contributed by atoms with Gasteiger partial charge < -0.3 is 25.6 Å². The number of rotatable bonds is 5. The van der Waals surface area contributed by atoms with E-state index in [1.54, 1.807) is 18.9 Å². The molecule has 0 aromatic carbocycles. The fraction of sp³-hybridized carbons (Fsp3) is 0.917. The normalized spacial score (nSPS) is 46.5. The molecule has 0 aromatic rings. The Labute approximate surface area is 233 Å². The Morgan fingerprint density at radius 2 is 1.78 bits per heavy atom. The van der Waals surface area contributed by atoms with E-state index in [0.29, 0.717) is 38.8 Å². The highest BCUT2D eigenvalue weighted by molar-refractivity contribution is 8.00. The minimum absolute atomic E-state index is 0.0247. The number of alkyl halides is 2. The third-order valence-corrected chi connectivity index (χ3v) is 10.7. The summed E-state index contributed by atoms with van der Waals surface area (Å²) < 4.78 is 5.80. The van der Waals surface area contributed by atoms with Crippen LogP contribution in [0.2, 0.25) is 0 Å². The maximum atomic E-state index is 13.6. The number of fused-ring (bicyclic) bond motifs is 1. The fourth-order valence-electron chi connectivity index (χ4n) is 6.79. The molecule has 5 heterocycles. The van der Waals surface area contributed by atoms with Crippen molar-refractivity contribution >= 4 is 46.8 Å². The monoisotopic (exact) mass is 577 g/mol. The first-order chi connectivity index (χ1) is 17.7. The molecule has 5 saturated heterocycles. The molecule has 13 heteroatoms. The molecule has 0 saturated carbocycles. The van der Waals surface area contributed by atoms with Crippen LogP contribution >= 0.6 is 35.0 Å². The summed E-state index contributed by atoms with van der Waals surface area (Å²) >= 11 is 14.3. The zero-order valence-corrected chi connectivity index (χ0v) is 24.0. The van der Waals surface area contributed by atoms with Gasteiger partial charge in [0.15, 0.2) is 0 Å². The molecule has 12 atom stereocenters. The summed E-state index contributed by atoms with van der Waals surface area (Å²) in [6.45, 7) is 7.41. The second-order valence-electron chi connectivity index (χ2n) is 11.3. The number of amides is 2. The van der Waals surface area contributed by atoms with E-state index in [-0.39, 0.29) is 75.5 Å². The first kappa shape index (κ1) is 28.2. The third kappa shape index (κ3) is 6.20. The van der Waals surface area contributed by atoms with Crippen LogP contribution in [-0.2, 0) is 14.3 Å². The van der Waals surface area contributed by atoms with Crippen LogP contribution in [0, 0.1) is 17.8 Å². The minimum atomic E-state index is -0.272. The Hall–Kier alpha value is -0.370. The zero-order valence-electron chi connectivity index (χ0n) is 21.7. The summed E-state index contributed by atoms with van der Waals surface area (Å²) in [5, 5.41) is 20.4. The van der Waals surface area contributed by atoms with Gasteiger partial charge in [-0.2, -0.15) is 0 Å². The van der Waals surface area contributed by atoms with E-state index in [0.717, 1.165) is 12.8 Å². The number of likely N-dealkylation sites (tertiary alicyclic amines) is 1. The van der Waals surface area contributed by atoms with Gasteiger partial charge in [0.25, 0.3) is 0 Å². The number of halogens is 2. The van der Waals surface area contributed by atoms with Crippen molar-refractivity contribution in [2.24, 2.45) is 17.8 Å². The van der Waals surface area contributed by atoms with E-state index in [1.807, 2.05) is 11.8 Å². The quantitative estimate of drug-likeness (QED) is 0.192. The number of nitrogens with zero attached hydrogens (tertiary/aromatic N) is 1. The SMILES string of the molecule is COC1CNC(Cl)CC1C1CC(C)NCC1C(=O)NC1NC2CN(C(=O)C3NCC(Cl)NC3C)CC2S1. The molecule has 5 aliphatic heterocycles. The van der Waals surface area contributed by atoms with Gasteiger partial charge in [0.05, 0.1) is 23.0 Å². The lowest BCUT2D eigenvalue weighted by Crippen LogP contribution is -2.63. The van der Waals surface area contributed by atoms with Crippen molar-refractivity contribution in [3.8, 4) is 0 Å². The number of piperazine rings is 1. The Morgan fingerprint density at radius 3 is 2.51 bits per heavy atom. The molecule has 210 valence electrons. The predicted molar refractivity (Wildman–Crippen MR) is 146 cm³/mol. The van der Waals surface area contributed by atoms with E-state index in [4.69, 9.17) is 27.9 Å². The average Bonchev–Trinajstić information content (AvgIpc) is 3.42. The molecule has 0 radical (unpaired) electrons. The number of thioether (sulfide) groups is 1. The topological polar surface area (TPSA) is 119 Å². The molecule has 6 N–H and O–H groups in total. The average molecular weight is 579 g/mol. The van der Waals surface area contributed by atoms with Crippen LogP contribution in [0.3, 0.4) is 0 Å². The third-order valence-electron chi connectivity index (χ3n) is 8.77. The minimum Gasteiger partial charge on any atom is -0.380 e. The van der Waals surface area contributed by atoms with Gasteiger partial charge in [-0.25, -0.2) is 0 Å². The van der Waals surface area contributed by atoms with Crippen molar-refractivity contribution in [3.63, 3.8) is 0 Å². The lowest BCUT2D eigenvalue weighted by atomic mass is 9.70. The molecule has 37 heavy (non-hydrogen) atoms. The van der Waals surface area contributed by atoms with Crippen LogP contribution in [0.1, 0.15) is 26.7 Å². The number of carbonyl (C=O) groups excluding carboxylic acids is 2. The van der Waals surface area contributed by atoms with Crippen molar-refractivity contribution in [3.05, 3.63) is 0 Å². The molecule has 0 spiro atoms. The van der Waals surface area contributed by atoms with Crippen LogP contribution in [0.5, 0.6) is 0 Å². The van der Waals surface area contributed by atoms with Gasteiger partial charge in [0.1, 0.15) is 11.5 Å². The Balaban J connectivity index is 1.16. The lowest BCUT2D eigenvalue weighted by Gasteiger charge is -2.45. The molecule has 5 rings (SSSR count). The van der Waals surface area contributed by atoms with Crippen molar-refractivity contribution in [1.82, 2.24) is 36.8 Å². The van der Waals surface area contributed by atoms with Crippen molar-refractivity contribution < 1.29 is 14.3 Å². The molecule has 2 amide bonds. The number of carbonyl (C=O) groups is 2. The largest absolute Gasteiger partial charge is 0.380 e. The smallest absolute Gasteiger partial charge is 0.241 e. The van der Waals surface area contributed by atoms with Crippen LogP contribution in [-0.4, -0.2) is 109 Å². The highest BCUT2D eigenvalue weighted by Crippen LogP contribution is 2.38. The van der Waals surface area contributed by atoms with E-state index in [9.17, 15) is 9.59 Å². The van der Waals surface area contributed by atoms with E-state index >= 15 is 0 Å². The molecule has 0 bridgehead atoms. The summed E-state index contributed by atoms with van der Waals surface area (Å²) in [6.07, 6.45) is 1.77. The highest BCUT2D eigenvalue weighted by atomic mass is 35.5. The van der Waals surface area contributed by atoms with Gasteiger partial charge >= 0.3 is 0 Å². The molecule has 0 aliphatic carbocycles. The molecular weight excluding hydrogens is 537 g/mol. The van der Waals surface area contributed by atoms with Crippen molar-refractivity contribution in [1.29, 1.82) is 0 Å². The summed E-state index contributed by atoms with van der Waals surface area (Å²) in [6, 6.07) is 0.213. The maximum absolute atomic E-state index is 13.6. The second-order valence-corrected chi connectivity index (χ2v) is 13.7. The van der Waals surface area contributed by atoms with Crippen LogP contribution in [0.25, 0.3) is 0 Å². The van der Waals surface area contributed by atoms with Gasteiger partial charge in [-0.05, 0) is 38.5 Å². The molecular formula is C24H41Cl2N7O3S. The predicted octanol–water partition coefficient (Wildman–Crippen LogP) is -0.380. The second kappa shape index (κ2) is 12.0. The Kier molecular flexibility index (Phi) is 9.15. The number of methoxy groups -OCH3 is 1. The Morgan fingerprint density at radius 1 is 0.973 bits per heavy atom. The number of ether oxygens (including phenoxy) is 1. The lowest BCUT2D eigenvalue weighted by molar-refractivity contribution is -0.134. The molecule has 10 nitrogen and oxygen atoms in total. The van der Waals surface area contributed by atoms with E-state index < -0.39 is 0 Å². The van der Waals surface area contributed by atoms with E-state index in [1.165, 1.54) is 0 Å². The summed E-state index contributed by atoms with van der Waals surface area (Å²) in [7, 11) is 1.75. The number of nitrogens with one attached hydrogen (secondary N) is 6. The molecule has 12 unspecified atom stereocenters. The van der Waals surface area contributed by atoms with E-state index in [2.05, 4.69) is 38.8 Å². The van der Waals surface area contributed by atoms with Crippen LogP contribution in [0.4, 0.5) is 0 Å². The summed E-state index contributed by atoms with van der Waals surface area (Å²) in [4.78, 5) is 28.6. The van der Waals surface area contributed by atoms with Gasteiger partial charge in [-0.1, -0.05) is 0 Å². The van der Waals surface area contributed by atoms with Crippen molar-refractivity contribution in [2.45, 2.75) is 78.7 Å². The first-order valence-corrected chi connectivity index (χ1v) is 15.3. The van der Waals surface area contributed by atoms with Gasteiger partial charge in [0, 0.05) is 63.2 Å².